The van der Waals surface area contributed by atoms with Gasteiger partial charge in [-0.3, -0.25) is 0 Å². The van der Waals surface area contributed by atoms with E-state index in [0.29, 0.717) is 5.75 Å². The number of aliphatic hydroxyl groups is 5. The fourth-order valence-electron chi connectivity index (χ4n) is 2.64. The maximum Gasteiger partial charge on any atom is 0.229 e. The Balaban J connectivity index is 1.92. The number of rotatable bonds is 7. The Morgan fingerprint density at radius 1 is 1.08 bits per heavy atom. The van der Waals surface area contributed by atoms with E-state index in [1.54, 1.807) is 19.1 Å². The molecule has 6 atom stereocenters. The molecule has 136 valence electrons. The Labute approximate surface area is 141 Å². The molecule has 0 aromatic heterocycles. The first-order valence-corrected chi connectivity index (χ1v) is 8.16. The molecule has 0 aliphatic carbocycles. The predicted molar refractivity (Wildman–Crippen MR) is 85.5 cm³/mol. The lowest BCUT2D eigenvalue weighted by Gasteiger charge is -2.39. The molecule has 0 saturated carbocycles. The van der Waals surface area contributed by atoms with E-state index >= 15 is 0 Å². The maximum atomic E-state index is 9.94. The van der Waals surface area contributed by atoms with Crippen molar-refractivity contribution in [1.29, 1.82) is 0 Å². The van der Waals surface area contributed by atoms with Gasteiger partial charge in [-0.05, 0) is 43.9 Å². The Bertz CT molecular complexity index is 488. The van der Waals surface area contributed by atoms with E-state index < -0.39 is 37.3 Å². The molecule has 7 heteroatoms. The van der Waals surface area contributed by atoms with Crippen LogP contribution in [0.1, 0.15) is 25.3 Å². The van der Waals surface area contributed by atoms with Crippen LogP contribution in [-0.4, -0.2) is 68.9 Å². The second-order valence-electron chi connectivity index (χ2n) is 6.20. The first kappa shape index (κ1) is 19.1. The molecule has 24 heavy (non-hydrogen) atoms. The summed E-state index contributed by atoms with van der Waals surface area (Å²) in [6.45, 7) is 1.27. The number of hydrogen-bond donors (Lipinski definition) is 5. The molecular formula is C17H26O7. The molecule has 1 saturated heterocycles. The van der Waals surface area contributed by atoms with E-state index in [9.17, 15) is 20.4 Å². The molecule has 1 aromatic rings. The summed E-state index contributed by atoms with van der Waals surface area (Å²) in [6.07, 6.45) is -4.30. The molecule has 2 rings (SSSR count). The molecule has 7 nitrogen and oxygen atoms in total. The van der Waals surface area contributed by atoms with Gasteiger partial charge in [-0.1, -0.05) is 12.1 Å². The smallest absolute Gasteiger partial charge is 0.229 e. The largest absolute Gasteiger partial charge is 0.462 e. The van der Waals surface area contributed by atoms with Gasteiger partial charge in [0.05, 0.1) is 12.7 Å². The lowest BCUT2D eigenvalue weighted by Crippen LogP contribution is -2.60. The van der Waals surface area contributed by atoms with E-state index in [2.05, 4.69) is 0 Å². The molecule has 2 unspecified atom stereocenters. The van der Waals surface area contributed by atoms with Gasteiger partial charge in [0.15, 0.2) is 0 Å². The van der Waals surface area contributed by atoms with Crippen LogP contribution in [0.15, 0.2) is 24.3 Å². The van der Waals surface area contributed by atoms with Crippen LogP contribution in [0.4, 0.5) is 0 Å². The van der Waals surface area contributed by atoms with Crippen molar-refractivity contribution in [2.45, 2.75) is 63.0 Å². The summed E-state index contributed by atoms with van der Waals surface area (Å²) in [5, 5.41) is 47.8. The zero-order chi connectivity index (χ0) is 17.7. The lowest BCUT2D eigenvalue weighted by molar-refractivity contribution is -0.277. The van der Waals surface area contributed by atoms with Gasteiger partial charge in [0.1, 0.15) is 30.2 Å². The Hall–Kier alpha value is -1.22. The fraction of sp³-hybridized carbons (Fsp3) is 0.647. The van der Waals surface area contributed by atoms with Crippen LogP contribution in [0, 0.1) is 0 Å². The van der Waals surface area contributed by atoms with E-state index in [4.69, 9.17) is 14.6 Å². The van der Waals surface area contributed by atoms with Crippen molar-refractivity contribution >= 4 is 0 Å². The Kier molecular flexibility index (Phi) is 6.97. The zero-order valence-electron chi connectivity index (χ0n) is 13.7. The second-order valence-corrected chi connectivity index (χ2v) is 6.20. The minimum atomic E-state index is -1.46. The van der Waals surface area contributed by atoms with Crippen LogP contribution >= 0.6 is 0 Å². The highest BCUT2D eigenvalue weighted by molar-refractivity contribution is 5.27. The third-order valence-corrected chi connectivity index (χ3v) is 4.11. The standard InChI is InChI=1S/C17H26O7/c1-10(19)3-2-4-11-5-7-12(8-6-11)23-17-16(22)15(21)14(20)13(9-18)24-17/h5-8,10,13-22H,2-4,9H2,1H3/t10?,13-,14+,15+,16-,17?/m1/s1. The quantitative estimate of drug-likeness (QED) is 0.456. The molecule has 5 N–H and O–H groups in total. The zero-order valence-corrected chi connectivity index (χ0v) is 13.7. The Morgan fingerprint density at radius 2 is 1.75 bits per heavy atom. The summed E-state index contributed by atoms with van der Waals surface area (Å²) >= 11 is 0. The van der Waals surface area contributed by atoms with Crippen LogP contribution in [0.3, 0.4) is 0 Å². The SMILES string of the molecule is CC(O)CCCc1ccc(OC2O[C@H](CO)[C@H](O)[C@H](O)[C@H]2O)cc1. The molecule has 0 amide bonds. The number of benzene rings is 1. The third-order valence-electron chi connectivity index (χ3n) is 4.11. The lowest BCUT2D eigenvalue weighted by atomic mass is 9.99. The highest BCUT2D eigenvalue weighted by atomic mass is 16.7. The first-order valence-electron chi connectivity index (χ1n) is 8.16. The molecule has 1 heterocycles. The van der Waals surface area contributed by atoms with Crippen molar-refractivity contribution in [3.8, 4) is 5.75 Å². The summed E-state index contributed by atoms with van der Waals surface area (Å²) in [7, 11) is 0. The normalized spacial score (nSPS) is 31.7. The number of aliphatic hydroxyl groups excluding tert-OH is 5. The summed E-state index contributed by atoms with van der Waals surface area (Å²) in [4.78, 5) is 0. The van der Waals surface area contributed by atoms with Gasteiger partial charge >= 0.3 is 0 Å². The Morgan fingerprint density at radius 3 is 2.33 bits per heavy atom. The summed E-state index contributed by atoms with van der Waals surface area (Å²) in [5.41, 5.74) is 1.09. The minimum absolute atomic E-state index is 0.307. The summed E-state index contributed by atoms with van der Waals surface area (Å²) in [6, 6.07) is 7.20. The average molecular weight is 342 g/mol. The van der Waals surface area contributed by atoms with Gasteiger partial charge in [-0.25, -0.2) is 0 Å². The van der Waals surface area contributed by atoms with Gasteiger partial charge in [0.2, 0.25) is 6.29 Å². The van der Waals surface area contributed by atoms with Gasteiger partial charge < -0.3 is 35.0 Å². The van der Waals surface area contributed by atoms with Crippen molar-refractivity contribution in [3.05, 3.63) is 29.8 Å². The van der Waals surface area contributed by atoms with Crippen LogP contribution < -0.4 is 4.74 Å². The van der Waals surface area contributed by atoms with Crippen molar-refractivity contribution in [3.63, 3.8) is 0 Å². The van der Waals surface area contributed by atoms with E-state index in [1.165, 1.54) is 0 Å². The predicted octanol–water partition coefficient (Wildman–Crippen LogP) is -0.431. The molecule has 0 spiro atoms. The van der Waals surface area contributed by atoms with Crippen LogP contribution in [0.2, 0.25) is 0 Å². The van der Waals surface area contributed by atoms with Crippen molar-refractivity contribution in [1.82, 2.24) is 0 Å². The monoisotopic (exact) mass is 342 g/mol. The first-order chi connectivity index (χ1) is 11.4. The van der Waals surface area contributed by atoms with Crippen molar-refractivity contribution in [2.24, 2.45) is 0 Å². The van der Waals surface area contributed by atoms with Gasteiger partial charge in [-0.15, -0.1) is 0 Å². The number of hydrogen-bond acceptors (Lipinski definition) is 7. The fourth-order valence-corrected chi connectivity index (χ4v) is 2.64. The molecule has 1 aliphatic heterocycles. The van der Waals surface area contributed by atoms with Crippen LogP contribution in [0.5, 0.6) is 5.75 Å². The summed E-state index contributed by atoms with van der Waals surface area (Å²) in [5.74, 6) is 0.443. The minimum Gasteiger partial charge on any atom is -0.462 e. The summed E-state index contributed by atoms with van der Waals surface area (Å²) < 4.78 is 10.8. The molecule has 1 fully saturated rings. The maximum absolute atomic E-state index is 9.94. The topological polar surface area (TPSA) is 120 Å². The van der Waals surface area contributed by atoms with Gasteiger partial charge in [0, 0.05) is 0 Å². The molecule has 1 aliphatic rings. The van der Waals surface area contributed by atoms with Gasteiger partial charge in [-0.2, -0.15) is 0 Å². The van der Waals surface area contributed by atoms with Crippen LogP contribution in [-0.2, 0) is 11.2 Å². The molecule has 1 aromatic carbocycles. The second kappa shape index (κ2) is 8.75. The van der Waals surface area contributed by atoms with Crippen molar-refractivity contribution < 1.29 is 35.0 Å². The van der Waals surface area contributed by atoms with E-state index in [1.807, 2.05) is 12.1 Å². The average Bonchev–Trinajstić information content (AvgIpc) is 2.56. The third kappa shape index (κ3) is 4.89. The number of ether oxygens (including phenoxy) is 2. The molecule has 0 radical (unpaired) electrons. The van der Waals surface area contributed by atoms with E-state index in [-0.39, 0.29) is 6.10 Å². The number of aryl methyl sites for hydroxylation is 1. The molecular weight excluding hydrogens is 316 g/mol. The van der Waals surface area contributed by atoms with Gasteiger partial charge in [0.25, 0.3) is 0 Å². The van der Waals surface area contributed by atoms with Crippen LogP contribution in [0.25, 0.3) is 0 Å². The molecule has 0 bridgehead atoms. The van der Waals surface area contributed by atoms with E-state index in [0.717, 1.165) is 24.8 Å². The highest BCUT2D eigenvalue weighted by Crippen LogP contribution is 2.24. The highest BCUT2D eigenvalue weighted by Gasteiger charge is 2.44. The van der Waals surface area contributed by atoms with Crippen molar-refractivity contribution in [2.75, 3.05) is 6.61 Å².